The lowest BCUT2D eigenvalue weighted by Crippen LogP contribution is -2.06. The number of fused-ring (bicyclic) bond motifs is 7. The molecule has 3 aromatic heterocycles. The van der Waals surface area contributed by atoms with Gasteiger partial charge in [-0.2, -0.15) is 9.97 Å². The molecule has 11 rings (SSSR count). The molecule has 0 N–H and O–H groups in total. The Hall–Kier alpha value is -7.63. The molecule has 5 heteroatoms. The van der Waals surface area contributed by atoms with E-state index in [2.05, 4.69) is 149 Å². The molecule has 0 aliphatic carbocycles. The van der Waals surface area contributed by atoms with Gasteiger partial charge in [-0.15, -0.1) is 0 Å². The summed E-state index contributed by atoms with van der Waals surface area (Å²) in [5.74, 6) is 1.84. The van der Waals surface area contributed by atoms with Crippen LogP contribution in [0.25, 0.3) is 100 Å². The molecule has 0 saturated carbocycles. The first-order valence-corrected chi connectivity index (χ1v) is 18.9. The van der Waals surface area contributed by atoms with E-state index in [1.54, 1.807) is 0 Å². The molecule has 0 aliphatic heterocycles. The highest BCUT2D eigenvalue weighted by Gasteiger charge is 2.23. The van der Waals surface area contributed by atoms with E-state index in [4.69, 9.17) is 15.0 Å². The lowest BCUT2D eigenvalue weighted by atomic mass is 10.0. The zero-order valence-electron chi connectivity index (χ0n) is 30.3. The van der Waals surface area contributed by atoms with Crippen LogP contribution in [0, 0.1) is 0 Å². The van der Waals surface area contributed by atoms with Crippen molar-refractivity contribution in [3.05, 3.63) is 200 Å². The van der Waals surface area contributed by atoms with Gasteiger partial charge in [-0.25, -0.2) is 4.98 Å². The van der Waals surface area contributed by atoms with Crippen LogP contribution in [0.5, 0.6) is 0 Å². The summed E-state index contributed by atoms with van der Waals surface area (Å²) in [5.41, 5.74) is 12.1. The third-order valence-corrected chi connectivity index (χ3v) is 10.8. The van der Waals surface area contributed by atoms with Gasteiger partial charge in [0.05, 0.1) is 22.1 Å². The van der Waals surface area contributed by atoms with E-state index < -0.39 is 0 Å². The van der Waals surface area contributed by atoms with Gasteiger partial charge in [-0.3, -0.25) is 4.57 Å². The minimum atomic E-state index is 0.577. The van der Waals surface area contributed by atoms with Crippen LogP contribution in [0.1, 0.15) is 0 Å². The predicted octanol–water partition coefficient (Wildman–Crippen LogP) is 12.7. The van der Waals surface area contributed by atoms with Crippen LogP contribution in [0.4, 0.5) is 0 Å². The molecule has 0 atom stereocenters. The molecule has 0 saturated heterocycles. The van der Waals surface area contributed by atoms with E-state index in [9.17, 15) is 0 Å². The van der Waals surface area contributed by atoms with Crippen molar-refractivity contribution in [2.75, 3.05) is 0 Å². The molecule has 5 nitrogen and oxygen atoms in total. The normalized spacial score (nSPS) is 11.6. The van der Waals surface area contributed by atoms with Crippen LogP contribution in [-0.4, -0.2) is 24.1 Å². The summed E-state index contributed by atoms with van der Waals surface area (Å²) >= 11 is 0. The molecule has 56 heavy (non-hydrogen) atoms. The molecule has 0 unspecified atom stereocenters. The van der Waals surface area contributed by atoms with Gasteiger partial charge < -0.3 is 4.57 Å². The molecular formula is C51H33N5. The summed E-state index contributed by atoms with van der Waals surface area (Å²) in [5, 5.41) is 4.69. The lowest BCUT2D eigenvalue weighted by molar-refractivity contribution is 0.953. The Morgan fingerprint density at radius 1 is 0.286 bits per heavy atom. The first kappa shape index (κ1) is 31.9. The topological polar surface area (TPSA) is 48.5 Å². The maximum atomic E-state index is 5.17. The standard InChI is InChI=1S/C51H33N5/c1-4-14-34(15-5-1)35-24-26-36(27-25-35)37-28-30-40(31-29-37)55-44-22-12-10-20-41(44)42-32-33-46-47(48(42)55)43-21-11-13-23-45(43)56(46)51-53-49(38-16-6-2-7-17-38)52-50(54-51)39-18-8-3-9-19-39/h1-33H. The maximum Gasteiger partial charge on any atom is 0.238 e. The van der Waals surface area contributed by atoms with Crippen LogP contribution >= 0.6 is 0 Å². The van der Waals surface area contributed by atoms with Gasteiger partial charge in [-0.1, -0.05) is 170 Å². The van der Waals surface area contributed by atoms with E-state index in [1.165, 1.54) is 33.0 Å². The van der Waals surface area contributed by atoms with Crippen LogP contribution < -0.4 is 0 Å². The van der Waals surface area contributed by atoms with E-state index in [1.807, 2.05) is 60.7 Å². The number of rotatable bonds is 6. The van der Waals surface area contributed by atoms with Crippen molar-refractivity contribution < 1.29 is 0 Å². The number of hydrogen-bond acceptors (Lipinski definition) is 3. The first-order chi connectivity index (χ1) is 27.8. The molecule has 0 amide bonds. The average Bonchev–Trinajstić information content (AvgIpc) is 3.80. The fourth-order valence-electron chi connectivity index (χ4n) is 8.18. The molecular weight excluding hydrogens is 683 g/mol. The maximum absolute atomic E-state index is 5.17. The molecule has 0 radical (unpaired) electrons. The molecule has 8 aromatic carbocycles. The number of hydrogen-bond donors (Lipinski definition) is 0. The highest BCUT2D eigenvalue weighted by atomic mass is 15.2. The third kappa shape index (κ3) is 5.21. The highest BCUT2D eigenvalue weighted by molar-refractivity contribution is 6.26. The smallest absolute Gasteiger partial charge is 0.238 e. The van der Waals surface area contributed by atoms with Gasteiger partial charge in [0.25, 0.3) is 0 Å². The van der Waals surface area contributed by atoms with Crippen LogP contribution in [0.15, 0.2) is 200 Å². The molecule has 0 bridgehead atoms. The van der Waals surface area contributed by atoms with Gasteiger partial charge in [0, 0.05) is 38.4 Å². The first-order valence-electron chi connectivity index (χ1n) is 18.9. The van der Waals surface area contributed by atoms with Crippen LogP contribution in [0.3, 0.4) is 0 Å². The van der Waals surface area contributed by atoms with Crippen molar-refractivity contribution in [1.82, 2.24) is 24.1 Å². The Labute approximate surface area is 323 Å². The number of nitrogens with zero attached hydrogens (tertiary/aromatic N) is 5. The van der Waals surface area contributed by atoms with E-state index in [-0.39, 0.29) is 0 Å². The molecule has 0 spiro atoms. The quantitative estimate of drug-likeness (QED) is 0.172. The zero-order valence-corrected chi connectivity index (χ0v) is 30.3. The summed E-state index contributed by atoms with van der Waals surface area (Å²) in [4.78, 5) is 15.3. The van der Waals surface area contributed by atoms with Gasteiger partial charge >= 0.3 is 0 Å². The van der Waals surface area contributed by atoms with Crippen molar-refractivity contribution in [2.45, 2.75) is 0 Å². The average molecular weight is 716 g/mol. The van der Waals surface area contributed by atoms with Crippen molar-refractivity contribution in [2.24, 2.45) is 0 Å². The zero-order chi connectivity index (χ0) is 37.0. The molecule has 0 fully saturated rings. The fourth-order valence-corrected chi connectivity index (χ4v) is 8.18. The summed E-state index contributed by atoms with van der Waals surface area (Å²) < 4.78 is 4.62. The summed E-state index contributed by atoms with van der Waals surface area (Å²) in [6.45, 7) is 0. The second kappa shape index (κ2) is 13.0. The van der Waals surface area contributed by atoms with Crippen molar-refractivity contribution in [1.29, 1.82) is 0 Å². The number of para-hydroxylation sites is 2. The number of aromatic nitrogens is 5. The summed E-state index contributed by atoms with van der Waals surface area (Å²) in [7, 11) is 0. The van der Waals surface area contributed by atoms with Crippen molar-refractivity contribution in [3.63, 3.8) is 0 Å². The van der Waals surface area contributed by atoms with Crippen LogP contribution in [0.2, 0.25) is 0 Å². The Morgan fingerprint density at radius 2 is 0.732 bits per heavy atom. The Bertz CT molecular complexity index is 3140. The Morgan fingerprint density at radius 3 is 1.30 bits per heavy atom. The summed E-state index contributed by atoms with van der Waals surface area (Å²) in [6, 6.07) is 70.4. The van der Waals surface area contributed by atoms with Gasteiger partial charge in [-0.05, 0) is 52.6 Å². The number of benzene rings is 8. The van der Waals surface area contributed by atoms with Crippen molar-refractivity contribution >= 4 is 43.6 Å². The van der Waals surface area contributed by atoms with Crippen molar-refractivity contribution in [3.8, 4) is 56.7 Å². The van der Waals surface area contributed by atoms with E-state index >= 15 is 0 Å². The Kier molecular flexibility index (Phi) is 7.42. The second-order valence-electron chi connectivity index (χ2n) is 14.1. The van der Waals surface area contributed by atoms with Gasteiger partial charge in [0.2, 0.25) is 5.95 Å². The monoisotopic (exact) mass is 715 g/mol. The molecule has 0 aliphatic rings. The third-order valence-electron chi connectivity index (χ3n) is 10.8. The van der Waals surface area contributed by atoms with Gasteiger partial charge in [0.1, 0.15) is 0 Å². The molecule has 262 valence electrons. The largest absolute Gasteiger partial charge is 0.309 e. The SMILES string of the molecule is c1ccc(-c2ccc(-c3ccc(-n4c5ccccc5c5ccc6c(c7ccccc7n6-c6nc(-c7ccccc7)nc(-c7ccccc7)n6)c54)cc3)cc2)cc1. The molecule has 11 aromatic rings. The lowest BCUT2D eigenvalue weighted by Gasteiger charge is -2.12. The highest BCUT2D eigenvalue weighted by Crippen LogP contribution is 2.42. The predicted molar refractivity (Wildman–Crippen MR) is 230 cm³/mol. The fraction of sp³-hybridized carbons (Fsp3) is 0. The summed E-state index contributed by atoms with van der Waals surface area (Å²) in [6.07, 6.45) is 0. The van der Waals surface area contributed by atoms with Gasteiger partial charge in [0.15, 0.2) is 11.6 Å². The van der Waals surface area contributed by atoms with Crippen LogP contribution in [-0.2, 0) is 0 Å². The minimum absolute atomic E-state index is 0.577. The van der Waals surface area contributed by atoms with E-state index in [0.29, 0.717) is 17.6 Å². The van der Waals surface area contributed by atoms with E-state index in [0.717, 1.165) is 49.7 Å². The Balaban J connectivity index is 1.13. The molecule has 3 heterocycles. The minimum Gasteiger partial charge on any atom is -0.309 e. The second-order valence-corrected chi connectivity index (χ2v) is 14.1.